The van der Waals surface area contributed by atoms with E-state index >= 15 is 0 Å². The van der Waals surface area contributed by atoms with Crippen LogP contribution in [0, 0.1) is 0 Å². The number of carbonyl (C=O) groups is 1. The Morgan fingerprint density at radius 1 is 1.11 bits per heavy atom. The van der Waals surface area contributed by atoms with Gasteiger partial charge in [-0.1, -0.05) is 35.3 Å². The number of nitrogens with two attached hydrogens (primary N) is 1. The summed E-state index contributed by atoms with van der Waals surface area (Å²) in [4.78, 5) is 16.4. The fourth-order valence-corrected chi connectivity index (χ4v) is 5.80. The molecular weight excluding hydrogens is 528 g/mol. The average Bonchev–Trinajstić information content (AvgIpc) is 2.78. The third-order valence-corrected chi connectivity index (χ3v) is 7.67. The van der Waals surface area contributed by atoms with Crippen molar-refractivity contribution in [2.45, 2.75) is 23.5 Å². The number of hydrogen-bond donors (Lipinski definition) is 2. The van der Waals surface area contributed by atoms with Crippen LogP contribution in [0.15, 0.2) is 59.6 Å². The molecule has 0 radical (unpaired) electrons. The highest BCUT2D eigenvalue weighted by molar-refractivity contribution is 7.92. The van der Waals surface area contributed by atoms with Gasteiger partial charge in [0.25, 0.3) is 15.9 Å². The molecule has 0 saturated heterocycles. The lowest BCUT2D eigenvalue weighted by Gasteiger charge is -2.33. The standard InChI is InChI=1S/C22H17Cl2F3N4O3S/c23-16-5-2-6-17(24)20(16)21(32)30-14-9-19-18(29-10-14)8-13(28)11-31(19)35(33,34)15-4-1-3-12(7-15)22(25,26)27/h1-7,9-10,13H,8,11,28H2,(H,30,32). The van der Waals surface area contributed by atoms with Gasteiger partial charge in [-0.25, -0.2) is 8.42 Å². The number of hydrogen-bond acceptors (Lipinski definition) is 5. The number of sulfonamides is 1. The van der Waals surface area contributed by atoms with Crippen molar-refractivity contribution in [2.75, 3.05) is 16.2 Å². The number of fused-ring (bicyclic) bond motifs is 1. The molecular formula is C22H17Cl2F3N4O3S. The first-order valence-corrected chi connectivity index (χ1v) is 12.3. The Kier molecular flexibility index (Phi) is 6.71. The molecule has 1 atom stereocenters. The van der Waals surface area contributed by atoms with E-state index in [4.69, 9.17) is 28.9 Å². The Morgan fingerprint density at radius 2 is 1.77 bits per heavy atom. The summed E-state index contributed by atoms with van der Waals surface area (Å²) < 4.78 is 67.2. The molecule has 13 heteroatoms. The molecule has 0 bridgehead atoms. The molecule has 3 aromatic rings. The van der Waals surface area contributed by atoms with Crippen LogP contribution in [0.1, 0.15) is 21.6 Å². The summed E-state index contributed by atoms with van der Waals surface area (Å²) in [6.45, 7) is -0.193. The normalized spacial score (nSPS) is 16.1. The summed E-state index contributed by atoms with van der Waals surface area (Å²) in [5.41, 5.74) is 5.47. The summed E-state index contributed by atoms with van der Waals surface area (Å²) >= 11 is 12.2. The maximum absolute atomic E-state index is 13.4. The first kappa shape index (κ1) is 25.2. The first-order chi connectivity index (χ1) is 16.4. The van der Waals surface area contributed by atoms with Crippen LogP contribution in [0.5, 0.6) is 0 Å². The van der Waals surface area contributed by atoms with E-state index < -0.39 is 38.6 Å². The number of carbonyl (C=O) groups excluding carboxylic acids is 1. The van der Waals surface area contributed by atoms with Gasteiger partial charge in [-0.3, -0.25) is 14.1 Å². The predicted molar refractivity (Wildman–Crippen MR) is 126 cm³/mol. The van der Waals surface area contributed by atoms with Gasteiger partial charge in [-0.2, -0.15) is 13.2 Å². The number of anilines is 2. The Morgan fingerprint density at radius 3 is 2.43 bits per heavy atom. The molecule has 1 amide bonds. The fraction of sp³-hybridized carbons (Fsp3) is 0.182. The van der Waals surface area contributed by atoms with Crippen molar-refractivity contribution >= 4 is 50.5 Å². The first-order valence-electron chi connectivity index (χ1n) is 10.1. The highest BCUT2D eigenvalue weighted by Crippen LogP contribution is 2.35. The summed E-state index contributed by atoms with van der Waals surface area (Å²) in [5.74, 6) is -0.651. The van der Waals surface area contributed by atoms with Crippen LogP contribution in [-0.2, 0) is 22.6 Å². The number of halogens is 5. The van der Waals surface area contributed by atoms with Crippen molar-refractivity contribution in [3.8, 4) is 0 Å². The van der Waals surface area contributed by atoms with Crippen LogP contribution in [0.3, 0.4) is 0 Å². The van der Waals surface area contributed by atoms with Gasteiger partial charge in [0.2, 0.25) is 0 Å². The van der Waals surface area contributed by atoms with Crippen LogP contribution in [0.4, 0.5) is 24.5 Å². The number of aromatic nitrogens is 1. The zero-order valence-corrected chi connectivity index (χ0v) is 20.0. The Balaban J connectivity index is 1.72. The maximum Gasteiger partial charge on any atom is 0.416 e. The van der Waals surface area contributed by atoms with Gasteiger partial charge < -0.3 is 11.1 Å². The van der Waals surface area contributed by atoms with Crippen molar-refractivity contribution in [1.29, 1.82) is 0 Å². The summed E-state index contributed by atoms with van der Waals surface area (Å²) in [6.07, 6.45) is -3.18. The lowest BCUT2D eigenvalue weighted by Crippen LogP contribution is -2.46. The second-order valence-corrected chi connectivity index (χ2v) is 10.4. The monoisotopic (exact) mass is 544 g/mol. The van der Waals surface area contributed by atoms with E-state index in [1.54, 1.807) is 6.07 Å². The number of amides is 1. The number of rotatable bonds is 4. The molecule has 1 aliphatic heterocycles. The minimum atomic E-state index is -4.72. The minimum absolute atomic E-state index is 0.0176. The van der Waals surface area contributed by atoms with Gasteiger partial charge in [0.05, 0.1) is 49.3 Å². The molecule has 3 N–H and O–H groups in total. The van der Waals surface area contributed by atoms with E-state index in [0.29, 0.717) is 11.8 Å². The highest BCUT2D eigenvalue weighted by Gasteiger charge is 2.36. The lowest BCUT2D eigenvalue weighted by molar-refractivity contribution is -0.137. The van der Waals surface area contributed by atoms with Crippen LogP contribution >= 0.6 is 23.2 Å². The zero-order chi connectivity index (χ0) is 25.5. The number of nitrogens with zero attached hydrogens (tertiary/aromatic N) is 2. The van der Waals surface area contributed by atoms with Crippen LogP contribution < -0.4 is 15.4 Å². The van der Waals surface area contributed by atoms with Crippen LogP contribution in [0.2, 0.25) is 10.0 Å². The fourth-order valence-electron chi connectivity index (χ4n) is 3.64. The number of benzene rings is 2. The smallest absolute Gasteiger partial charge is 0.326 e. The van der Waals surface area contributed by atoms with Crippen LogP contribution in [-0.4, -0.2) is 31.9 Å². The summed E-state index contributed by atoms with van der Waals surface area (Å²) in [7, 11) is -4.44. The van der Waals surface area contributed by atoms with E-state index in [2.05, 4.69) is 10.3 Å². The van der Waals surface area contributed by atoms with Crippen molar-refractivity contribution in [3.63, 3.8) is 0 Å². The van der Waals surface area contributed by atoms with Gasteiger partial charge in [-0.15, -0.1) is 0 Å². The minimum Gasteiger partial charge on any atom is -0.326 e. The average molecular weight is 545 g/mol. The van der Waals surface area contributed by atoms with E-state index in [0.717, 1.165) is 22.5 Å². The number of alkyl halides is 3. The molecule has 2 aromatic carbocycles. The molecule has 1 aromatic heterocycles. The Hall–Kier alpha value is -2.86. The SMILES string of the molecule is NC1Cc2ncc(NC(=O)c3c(Cl)cccc3Cl)cc2N(S(=O)(=O)c2cccc(C(F)(F)F)c2)C1. The van der Waals surface area contributed by atoms with Gasteiger partial charge in [0.15, 0.2) is 0 Å². The van der Waals surface area contributed by atoms with Gasteiger partial charge in [-0.05, 0) is 36.4 Å². The summed E-state index contributed by atoms with van der Waals surface area (Å²) in [5, 5.41) is 2.79. The van der Waals surface area contributed by atoms with Gasteiger partial charge in [0.1, 0.15) is 0 Å². The summed E-state index contributed by atoms with van der Waals surface area (Å²) in [6, 6.07) is 8.70. The molecule has 1 aliphatic rings. The van der Waals surface area contributed by atoms with E-state index in [9.17, 15) is 26.4 Å². The predicted octanol–water partition coefficient (Wildman–Crippen LogP) is 4.74. The van der Waals surface area contributed by atoms with Crippen molar-refractivity contribution in [2.24, 2.45) is 5.73 Å². The molecule has 7 nitrogen and oxygen atoms in total. The number of pyridine rings is 1. The molecule has 0 fully saturated rings. The molecule has 184 valence electrons. The molecule has 0 aliphatic carbocycles. The second kappa shape index (κ2) is 9.30. The third kappa shape index (κ3) is 5.08. The largest absolute Gasteiger partial charge is 0.416 e. The topological polar surface area (TPSA) is 105 Å². The van der Waals surface area contributed by atoms with E-state index in [1.165, 1.54) is 24.4 Å². The molecule has 1 unspecified atom stereocenters. The lowest BCUT2D eigenvalue weighted by atomic mass is 10.1. The Labute approximate surface area is 208 Å². The molecule has 4 rings (SSSR count). The quantitative estimate of drug-likeness (QED) is 0.493. The molecule has 2 heterocycles. The highest BCUT2D eigenvalue weighted by atomic mass is 35.5. The van der Waals surface area contributed by atoms with Gasteiger partial charge >= 0.3 is 6.18 Å². The molecule has 0 spiro atoms. The van der Waals surface area contributed by atoms with Crippen LogP contribution in [0.25, 0.3) is 0 Å². The maximum atomic E-state index is 13.4. The van der Waals surface area contributed by atoms with Crippen molar-refractivity contribution in [1.82, 2.24) is 4.98 Å². The van der Waals surface area contributed by atoms with Crippen molar-refractivity contribution < 1.29 is 26.4 Å². The Bertz CT molecular complexity index is 1400. The van der Waals surface area contributed by atoms with E-state index in [1.807, 2.05) is 0 Å². The van der Waals surface area contributed by atoms with Gasteiger partial charge in [0, 0.05) is 19.0 Å². The van der Waals surface area contributed by atoms with Crippen molar-refractivity contribution in [3.05, 3.63) is 81.6 Å². The van der Waals surface area contributed by atoms with E-state index in [-0.39, 0.29) is 39.9 Å². The number of nitrogens with one attached hydrogen (secondary N) is 1. The third-order valence-electron chi connectivity index (χ3n) is 5.27. The molecule has 0 saturated carbocycles. The molecule has 35 heavy (non-hydrogen) atoms. The second-order valence-electron chi connectivity index (χ2n) is 7.77. The zero-order valence-electron chi connectivity index (χ0n) is 17.7.